The zero-order valence-corrected chi connectivity index (χ0v) is 11.9. The Balaban J connectivity index is 1.78. The summed E-state index contributed by atoms with van der Waals surface area (Å²) in [6, 6.07) is 11.6. The van der Waals surface area contributed by atoms with Gasteiger partial charge in [0, 0.05) is 5.02 Å². The third-order valence-electron chi connectivity index (χ3n) is 3.35. The average Bonchev–Trinajstić information content (AvgIpc) is 3.10. The average molecular weight is 292 g/mol. The van der Waals surface area contributed by atoms with Gasteiger partial charge >= 0.3 is 0 Å². The highest BCUT2D eigenvalue weighted by atomic mass is 35.5. The Morgan fingerprint density at radius 3 is 2.58 bits per heavy atom. The number of thiophene rings is 1. The van der Waals surface area contributed by atoms with Gasteiger partial charge in [0.05, 0.1) is 10.9 Å². The number of hydrogen-bond donors (Lipinski definition) is 1. The van der Waals surface area contributed by atoms with Gasteiger partial charge in [-0.25, -0.2) is 0 Å². The molecule has 4 heteroatoms. The van der Waals surface area contributed by atoms with Gasteiger partial charge in [-0.05, 0) is 47.9 Å². The van der Waals surface area contributed by atoms with Gasteiger partial charge in [0.25, 0.3) is 5.91 Å². The molecule has 2 aromatic rings. The van der Waals surface area contributed by atoms with E-state index < -0.39 is 0 Å². The second kappa shape index (κ2) is 5.35. The molecule has 19 heavy (non-hydrogen) atoms. The quantitative estimate of drug-likeness (QED) is 0.895. The lowest BCUT2D eigenvalue weighted by Crippen LogP contribution is -2.29. The van der Waals surface area contributed by atoms with Crippen molar-refractivity contribution >= 4 is 28.8 Å². The van der Waals surface area contributed by atoms with Gasteiger partial charge in [0.15, 0.2) is 0 Å². The summed E-state index contributed by atoms with van der Waals surface area (Å²) >= 11 is 7.38. The summed E-state index contributed by atoms with van der Waals surface area (Å²) in [6.07, 6.45) is 2.36. The third-order valence-corrected chi connectivity index (χ3v) is 4.47. The molecule has 1 aromatic carbocycles. The molecule has 1 saturated carbocycles. The van der Waals surface area contributed by atoms with E-state index in [9.17, 15) is 4.79 Å². The van der Waals surface area contributed by atoms with Gasteiger partial charge in [0.1, 0.15) is 0 Å². The van der Waals surface area contributed by atoms with Crippen LogP contribution in [-0.2, 0) is 0 Å². The Labute approximate surface area is 121 Å². The molecule has 3 rings (SSSR count). The summed E-state index contributed by atoms with van der Waals surface area (Å²) in [7, 11) is 0. The highest BCUT2D eigenvalue weighted by molar-refractivity contribution is 7.12. The second-order valence-corrected chi connectivity index (χ2v) is 6.20. The van der Waals surface area contributed by atoms with Crippen LogP contribution >= 0.6 is 22.9 Å². The normalized spacial score (nSPS) is 16.1. The van der Waals surface area contributed by atoms with Crippen LogP contribution < -0.4 is 5.32 Å². The van der Waals surface area contributed by atoms with Crippen molar-refractivity contribution in [1.29, 1.82) is 0 Å². The monoisotopic (exact) mass is 291 g/mol. The van der Waals surface area contributed by atoms with Gasteiger partial charge in [-0.3, -0.25) is 4.79 Å². The Kier molecular flexibility index (Phi) is 3.58. The van der Waals surface area contributed by atoms with E-state index in [0.29, 0.717) is 5.92 Å². The summed E-state index contributed by atoms with van der Waals surface area (Å²) in [4.78, 5) is 12.9. The number of halogens is 1. The number of nitrogens with one attached hydrogen (secondary N) is 1. The van der Waals surface area contributed by atoms with Crippen molar-refractivity contribution in [1.82, 2.24) is 5.32 Å². The highest BCUT2D eigenvalue weighted by Gasteiger charge is 2.33. The molecular formula is C15H14ClNOS. The minimum Gasteiger partial charge on any atom is -0.344 e. The van der Waals surface area contributed by atoms with Crippen molar-refractivity contribution in [3.8, 4) is 0 Å². The molecule has 0 saturated heterocycles. The zero-order valence-electron chi connectivity index (χ0n) is 10.3. The van der Waals surface area contributed by atoms with Crippen molar-refractivity contribution in [2.24, 2.45) is 5.92 Å². The van der Waals surface area contributed by atoms with E-state index in [1.807, 2.05) is 41.8 Å². The molecule has 1 heterocycles. The molecule has 98 valence electrons. The maximum Gasteiger partial charge on any atom is 0.261 e. The molecule has 1 aliphatic rings. The van der Waals surface area contributed by atoms with Crippen LogP contribution in [0.5, 0.6) is 0 Å². The lowest BCUT2D eigenvalue weighted by Gasteiger charge is -2.18. The van der Waals surface area contributed by atoms with E-state index in [-0.39, 0.29) is 11.9 Å². The topological polar surface area (TPSA) is 29.1 Å². The summed E-state index contributed by atoms with van der Waals surface area (Å²) in [5.74, 6) is 0.576. The van der Waals surface area contributed by atoms with Gasteiger partial charge in [-0.15, -0.1) is 11.3 Å². The van der Waals surface area contributed by atoms with Crippen molar-refractivity contribution in [3.05, 3.63) is 57.2 Å². The summed E-state index contributed by atoms with van der Waals surface area (Å²) in [6.45, 7) is 0. The maximum atomic E-state index is 12.2. The number of carbonyl (C=O) groups is 1. The minimum absolute atomic E-state index is 0.0156. The van der Waals surface area contributed by atoms with Crippen molar-refractivity contribution < 1.29 is 4.79 Å². The fourth-order valence-corrected chi connectivity index (χ4v) is 2.95. The van der Waals surface area contributed by atoms with Crippen molar-refractivity contribution in [3.63, 3.8) is 0 Å². The predicted molar refractivity (Wildman–Crippen MR) is 78.7 cm³/mol. The fraction of sp³-hybridized carbons (Fsp3) is 0.267. The molecule has 0 aliphatic heterocycles. The first-order valence-electron chi connectivity index (χ1n) is 6.34. The molecule has 1 fully saturated rings. The smallest absolute Gasteiger partial charge is 0.261 e. The standard InChI is InChI=1S/C15H14ClNOS/c16-12-7-5-11(6-8-12)14(10-3-4-10)17-15(18)13-2-1-9-19-13/h1-2,5-10,14H,3-4H2,(H,17,18). The van der Waals surface area contributed by atoms with Crippen LogP contribution in [0.15, 0.2) is 41.8 Å². The lowest BCUT2D eigenvalue weighted by atomic mass is 10.0. The van der Waals surface area contributed by atoms with E-state index >= 15 is 0 Å². The molecule has 0 bridgehead atoms. The number of hydrogen-bond acceptors (Lipinski definition) is 2. The Bertz CT molecular complexity index is 560. The van der Waals surface area contributed by atoms with Gasteiger partial charge in [0.2, 0.25) is 0 Å². The van der Waals surface area contributed by atoms with E-state index in [0.717, 1.165) is 15.5 Å². The molecule has 0 radical (unpaired) electrons. The first-order valence-corrected chi connectivity index (χ1v) is 7.59. The Morgan fingerprint density at radius 2 is 2.00 bits per heavy atom. The molecular weight excluding hydrogens is 278 g/mol. The first-order chi connectivity index (χ1) is 9.24. The number of benzene rings is 1. The van der Waals surface area contributed by atoms with Crippen LogP contribution in [0.2, 0.25) is 5.02 Å². The Hall–Kier alpha value is -1.32. The van der Waals surface area contributed by atoms with Gasteiger partial charge in [-0.2, -0.15) is 0 Å². The van der Waals surface area contributed by atoms with Crippen LogP contribution in [-0.4, -0.2) is 5.91 Å². The second-order valence-electron chi connectivity index (χ2n) is 4.82. The van der Waals surface area contributed by atoms with Crippen LogP contribution in [0.3, 0.4) is 0 Å². The third kappa shape index (κ3) is 2.99. The molecule has 1 unspecified atom stereocenters. The molecule has 1 atom stereocenters. The number of rotatable bonds is 4. The van der Waals surface area contributed by atoms with E-state index in [2.05, 4.69) is 5.32 Å². The maximum absolute atomic E-state index is 12.2. The van der Waals surface area contributed by atoms with Crippen LogP contribution in [0, 0.1) is 5.92 Å². The minimum atomic E-state index is 0.0156. The van der Waals surface area contributed by atoms with Crippen LogP contribution in [0.25, 0.3) is 0 Å². The molecule has 1 amide bonds. The first kappa shape index (κ1) is 12.7. The summed E-state index contributed by atoms with van der Waals surface area (Å²) in [5, 5.41) is 5.79. The highest BCUT2D eigenvalue weighted by Crippen LogP contribution is 2.41. The van der Waals surface area contributed by atoms with E-state index in [1.54, 1.807) is 0 Å². The van der Waals surface area contributed by atoms with Crippen LogP contribution in [0.4, 0.5) is 0 Å². The number of carbonyl (C=O) groups excluding carboxylic acids is 1. The van der Waals surface area contributed by atoms with Gasteiger partial charge in [-0.1, -0.05) is 29.8 Å². The zero-order chi connectivity index (χ0) is 13.2. The van der Waals surface area contributed by atoms with Crippen molar-refractivity contribution in [2.45, 2.75) is 18.9 Å². The molecule has 0 spiro atoms. The molecule has 1 aromatic heterocycles. The molecule has 1 aliphatic carbocycles. The summed E-state index contributed by atoms with van der Waals surface area (Å²) < 4.78 is 0. The molecule has 1 N–H and O–H groups in total. The largest absolute Gasteiger partial charge is 0.344 e. The predicted octanol–water partition coefficient (Wildman–Crippen LogP) is 4.28. The fourth-order valence-electron chi connectivity index (χ4n) is 2.19. The van der Waals surface area contributed by atoms with E-state index in [1.165, 1.54) is 24.2 Å². The number of amides is 1. The Morgan fingerprint density at radius 1 is 1.26 bits per heavy atom. The van der Waals surface area contributed by atoms with Crippen molar-refractivity contribution in [2.75, 3.05) is 0 Å². The van der Waals surface area contributed by atoms with Gasteiger partial charge < -0.3 is 5.32 Å². The molecule has 2 nitrogen and oxygen atoms in total. The van der Waals surface area contributed by atoms with E-state index in [4.69, 9.17) is 11.6 Å². The van der Waals surface area contributed by atoms with Crippen LogP contribution in [0.1, 0.15) is 34.1 Å². The lowest BCUT2D eigenvalue weighted by molar-refractivity contribution is 0.0936. The summed E-state index contributed by atoms with van der Waals surface area (Å²) in [5.41, 5.74) is 1.14. The SMILES string of the molecule is O=C(NC(c1ccc(Cl)cc1)C1CC1)c1cccs1.